The van der Waals surface area contributed by atoms with Gasteiger partial charge in [0, 0.05) is 12.9 Å². The average Bonchev–Trinajstić information content (AvgIpc) is 2.04. The van der Waals surface area contributed by atoms with Crippen molar-refractivity contribution in [2.24, 2.45) is 0 Å². The minimum Gasteiger partial charge on any atom is -0.377 e. The topological polar surface area (TPSA) is 60.4 Å². The van der Waals surface area contributed by atoms with Crippen LogP contribution >= 0.6 is 10.8 Å². The summed E-state index contributed by atoms with van der Waals surface area (Å²) in [6.45, 7) is 2.92. The van der Waals surface area contributed by atoms with Gasteiger partial charge in [-0.2, -0.15) is 0 Å². The first-order chi connectivity index (χ1) is 6.54. The number of carbonyl (C=O) groups is 2. The lowest BCUT2D eigenvalue weighted by atomic mass is 10.2. The second-order valence-corrected chi connectivity index (χ2v) is 6.06. The Hall–Kier alpha value is -0.200. The van der Waals surface area contributed by atoms with Crippen molar-refractivity contribution in [1.82, 2.24) is 0 Å². The van der Waals surface area contributed by atoms with Crippen molar-refractivity contribution in [3.05, 3.63) is 0 Å². The van der Waals surface area contributed by atoms with E-state index in [1.807, 2.05) is 6.92 Å². The van der Waals surface area contributed by atoms with Crippen molar-refractivity contribution in [2.75, 3.05) is 19.5 Å². The summed E-state index contributed by atoms with van der Waals surface area (Å²) in [5.41, 5.74) is 0. The van der Waals surface area contributed by atoms with Crippen LogP contribution in [0, 0.1) is 0 Å². The first-order valence-corrected chi connectivity index (χ1v) is 6.82. The molecule has 4 nitrogen and oxygen atoms in total. The predicted molar refractivity (Wildman–Crippen MR) is 57.6 cm³/mol. The first-order valence-electron chi connectivity index (χ1n) is 4.10. The van der Waals surface area contributed by atoms with Crippen LogP contribution in [0.15, 0.2) is 0 Å². The van der Waals surface area contributed by atoms with E-state index in [1.54, 1.807) is 0 Å². The van der Waals surface area contributed by atoms with Gasteiger partial charge in [-0.05, 0) is 6.92 Å². The summed E-state index contributed by atoms with van der Waals surface area (Å²) in [7, 11) is 0.981. The van der Waals surface area contributed by atoms with Crippen molar-refractivity contribution in [2.45, 2.75) is 19.1 Å². The fraction of sp³-hybridized carbons (Fsp3) is 0.750. The Morgan fingerprint density at radius 3 is 2.43 bits per heavy atom. The lowest BCUT2D eigenvalue weighted by Gasteiger charge is -2.10. The SMILES string of the molecule is CCSS(=O)C(C(C)=O)C(=O)COC. The molecule has 2 atom stereocenters. The molecule has 0 fully saturated rings. The molecular formula is C8H14O4S2. The molecule has 0 rings (SSSR count). The van der Waals surface area contributed by atoms with Gasteiger partial charge >= 0.3 is 0 Å². The second kappa shape index (κ2) is 7.14. The molecule has 0 saturated heterocycles. The van der Waals surface area contributed by atoms with Crippen LogP contribution in [0.2, 0.25) is 0 Å². The molecule has 0 aliphatic rings. The number of Topliss-reactive ketones (excluding diaryl/α,β-unsaturated/α-hetero) is 2. The van der Waals surface area contributed by atoms with Gasteiger partial charge in [0.25, 0.3) is 0 Å². The molecule has 0 bridgehead atoms. The van der Waals surface area contributed by atoms with Gasteiger partial charge in [0.15, 0.2) is 16.8 Å². The van der Waals surface area contributed by atoms with E-state index >= 15 is 0 Å². The van der Waals surface area contributed by atoms with Gasteiger partial charge in [-0.3, -0.25) is 9.59 Å². The highest BCUT2D eigenvalue weighted by molar-refractivity contribution is 8.69. The molecule has 6 heteroatoms. The molecular weight excluding hydrogens is 224 g/mol. The fourth-order valence-electron chi connectivity index (χ4n) is 0.872. The highest BCUT2D eigenvalue weighted by Gasteiger charge is 2.29. The third-order valence-corrected chi connectivity index (χ3v) is 4.80. The maximum atomic E-state index is 11.5. The van der Waals surface area contributed by atoms with Crippen molar-refractivity contribution in [1.29, 1.82) is 0 Å². The van der Waals surface area contributed by atoms with E-state index in [0.717, 1.165) is 10.8 Å². The number of hydrogen-bond donors (Lipinski definition) is 0. The van der Waals surface area contributed by atoms with E-state index in [-0.39, 0.29) is 12.4 Å². The Bertz CT molecular complexity index is 221. The fourth-order valence-corrected chi connectivity index (χ4v) is 3.63. The molecule has 0 heterocycles. The Kier molecular flexibility index (Phi) is 7.04. The maximum absolute atomic E-state index is 11.5. The van der Waals surface area contributed by atoms with Crippen molar-refractivity contribution in [3.8, 4) is 0 Å². The van der Waals surface area contributed by atoms with Crippen LogP contribution in [-0.4, -0.2) is 40.5 Å². The highest BCUT2D eigenvalue weighted by Crippen LogP contribution is 2.14. The minimum absolute atomic E-state index is 0.166. The first kappa shape index (κ1) is 13.8. The molecule has 0 aliphatic heterocycles. The summed E-state index contributed by atoms with van der Waals surface area (Å²) < 4.78 is 16.1. The van der Waals surface area contributed by atoms with Crippen LogP contribution in [-0.2, 0) is 24.2 Å². The zero-order valence-electron chi connectivity index (χ0n) is 8.44. The average molecular weight is 238 g/mol. The van der Waals surface area contributed by atoms with Crippen LogP contribution in [0.25, 0.3) is 0 Å². The van der Waals surface area contributed by atoms with E-state index in [9.17, 15) is 13.8 Å². The molecule has 0 aromatic carbocycles. The minimum atomic E-state index is -1.48. The van der Waals surface area contributed by atoms with Crippen LogP contribution in [0.4, 0.5) is 0 Å². The molecule has 0 N–H and O–H groups in total. The standard InChI is InChI=1S/C8H14O4S2/c1-4-13-14(11)8(6(2)9)7(10)5-12-3/h8H,4-5H2,1-3H3. The summed E-state index contributed by atoms with van der Waals surface area (Å²) in [4.78, 5) is 22.4. The van der Waals surface area contributed by atoms with Crippen LogP contribution < -0.4 is 0 Å². The van der Waals surface area contributed by atoms with E-state index in [2.05, 4.69) is 4.74 Å². The monoisotopic (exact) mass is 238 g/mol. The molecule has 14 heavy (non-hydrogen) atoms. The van der Waals surface area contributed by atoms with Gasteiger partial charge in [-0.15, -0.1) is 0 Å². The zero-order chi connectivity index (χ0) is 11.1. The lowest BCUT2D eigenvalue weighted by molar-refractivity contribution is -0.127. The molecule has 0 radical (unpaired) electrons. The molecule has 0 spiro atoms. The Labute approximate surface area is 89.6 Å². The number of carbonyl (C=O) groups excluding carboxylic acids is 2. The molecule has 0 amide bonds. The number of rotatable bonds is 7. The zero-order valence-corrected chi connectivity index (χ0v) is 10.1. The van der Waals surface area contributed by atoms with Gasteiger partial charge in [0.2, 0.25) is 0 Å². The molecule has 0 aromatic heterocycles. The molecule has 82 valence electrons. The third-order valence-electron chi connectivity index (χ3n) is 1.37. The highest BCUT2D eigenvalue weighted by atomic mass is 33.1. The Morgan fingerprint density at radius 1 is 1.50 bits per heavy atom. The van der Waals surface area contributed by atoms with E-state index in [0.29, 0.717) is 5.75 Å². The number of ketones is 2. The number of ether oxygens (including phenoxy) is 1. The van der Waals surface area contributed by atoms with Crippen LogP contribution in [0.5, 0.6) is 0 Å². The Balaban J connectivity index is 4.51. The summed E-state index contributed by atoms with van der Waals surface area (Å²) in [6.07, 6.45) is 0. The van der Waals surface area contributed by atoms with Crippen molar-refractivity contribution in [3.63, 3.8) is 0 Å². The van der Waals surface area contributed by atoms with E-state index in [4.69, 9.17) is 0 Å². The van der Waals surface area contributed by atoms with Crippen LogP contribution in [0.1, 0.15) is 13.8 Å². The summed E-state index contributed by atoms with van der Waals surface area (Å²) in [5, 5.41) is -1.04. The van der Waals surface area contributed by atoms with Gasteiger partial charge in [-0.25, -0.2) is 4.21 Å². The lowest BCUT2D eigenvalue weighted by Crippen LogP contribution is -2.34. The third kappa shape index (κ3) is 4.34. The van der Waals surface area contributed by atoms with Gasteiger partial charge in [0.1, 0.15) is 6.61 Å². The van der Waals surface area contributed by atoms with Gasteiger partial charge in [0.05, 0.1) is 9.83 Å². The summed E-state index contributed by atoms with van der Waals surface area (Å²) >= 11 is 0. The van der Waals surface area contributed by atoms with Crippen molar-refractivity contribution < 1.29 is 18.5 Å². The van der Waals surface area contributed by atoms with Crippen LogP contribution in [0.3, 0.4) is 0 Å². The molecule has 0 aromatic rings. The maximum Gasteiger partial charge on any atom is 0.182 e. The predicted octanol–water partition coefficient (Wildman–Crippen LogP) is 0.576. The summed E-state index contributed by atoms with van der Waals surface area (Å²) in [5.74, 6) is -0.179. The molecule has 0 saturated carbocycles. The molecule has 0 aliphatic carbocycles. The quantitative estimate of drug-likeness (QED) is 0.479. The summed E-state index contributed by atoms with van der Waals surface area (Å²) in [6, 6.07) is 0. The van der Waals surface area contributed by atoms with Crippen molar-refractivity contribution >= 4 is 32.2 Å². The van der Waals surface area contributed by atoms with E-state index in [1.165, 1.54) is 14.0 Å². The number of hydrogen-bond acceptors (Lipinski definition) is 5. The normalized spacial score (nSPS) is 14.8. The second-order valence-electron chi connectivity index (χ2n) is 2.56. The largest absolute Gasteiger partial charge is 0.377 e. The van der Waals surface area contributed by atoms with E-state index < -0.39 is 20.9 Å². The number of methoxy groups -OCH3 is 1. The smallest absolute Gasteiger partial charge is 0.182 e. The Morgan fingerprint density at radius 2 is 2.07 bits per heavy atom. The van der Waals surface area contributed by atoms with Gasteiger partial charge in [-0.1, -0.05) is 17.7 Å². The van der Waals surface area contributed by atoms with Gasteiger partial charge < -0.3 is 4.74 Å². The molecule has 2 unspecified atom stereocenters.